The molecule has 1 atom stereocenters. The molecule has 0 spiro atoms. The molecular weight excluding hydrogens is 260 g/mol. The van der Waals surface area contributed by atoms with Gasteiger partial charge in [0.05, 0.1) is 0 Å². The lowest BCUT2D eigenvalue weighted by molar-refractivity contribution is -0.125. The van der Waals surface area contributed by atoms with Gasteiger partial charge in [-0.1, -0.05) is 32.6 Å². The highest BCUT2D eigenvalue weighted by atomic mass is 35.5. The summed E-state index contributed by atoms with van der Waals surface area (Å²) in [6.07, 6.45) is 10.6. The van der Waals surface area contributed by atoms with E-state index in [4.69, 9.17) is 0 Å². The number of carbonyl (C=O) groups is 1. The Balaban J connectivity index is 0.00000180. The second kappa shape index (κ2) is 8.80. The number of nitrogens with one attached hydrogen (secondary N) is 2. The van der Waals surface area contributed by atoms with Gasteiger partial charge in [0.15, 0.2) is 0 Å². The normalized spacial score (nSPS) is 22.2. The van der Waals surface area contributed by atoms with Gasteiger partial charge in [0, 0.05) is 25.0 Å². The van der Waals surface area contributed by atoms with Crippen LogP contribution in [0.15, 0.2) is 0 Å². The molecule has 0 radical (unpaired) electrons. The van der Waals surface area contributed by atoms with E-state index in [2.05, 4.69) is 17.6 Å². The van der Waals surface area contributed by atoms with Crippen molar-refractivity contribution in [3.05, 3.63) is 0 Å². The van der Waals surface area contributed by atoms with Crippen molar-refractivity contribution in [2.24, 2.45) is 11.8 Å². The van der Waals surface area contributed by atoms with Crippen LogP contribution in [0.5, 0.6) is 0 Å². The molecule has 0 aliphatic heterocycles. The molecule has 2 rings (SSSR count). The van der Waals surface area contributed by atoms with Crippen molar-refractivity contribution in [2.45, 2.75) is 64.3 Å². The Kier molecular flexibility index (Phi) is 7.77. The van der Waals surface area contributed by atoms with Gasteiger partial charge in [-0.25, -0.2) is 0 Å². The Hall–Kier alpha value is -0.280. The minimum atomic E-state index is 0. The Morgan fingerprint density at radius 2 is 1.68 bits per heavy atom. The quantitative estimate of drug-likeness (QED) is 0.583. The fourth-order valence-electron chi connectivity index (χ4n) is 2.92. The molecule has 3 nitrogen and oxygen atoms in total. The van der Waals surface area contributed by atoms with Crippen LogP contribution < -0.4 is 10.6 Å². The van der Waals surface area contributed by atoms with E-state index in [0.717, 1.165) is 13.1 Å². The van der Waals surface area contributed by atoms with Crippen LogP contribution in [-0.2, 0) is 4.79 Å². The Bertz CT molecular complexity index is 261. The maximum Gasteiger partial charge on any atom is 0.223 e. The lowest BCUT2D eigenvalue weighted by atomic mass is 10.1. The van der Waals surface area contributed by atoms with Crippen molar-refractivity contribution in [1.29, 1.82) is 0 Å². The van der Waals surface area contributed by atoms with Gasteiger partial charge in [-0.2, -0.15) is 0 Å². The molecule has 0 aromatic carbocycles. The molecule has 0 aromatic heterocycles. The molecule has 112 valence electrons. The smallest absolute Gasteiger partial charge is 0.223 e. The number of hydrogen-bond acceptors (Lipinski definition) is 2. The topological polar surface area (TPSA) is 41.1 Å². The van der Waals surface area contributed by atoms with Crippen LogP contribution in [0.3, 0.4) is 0 Å². The van der Waals surface area contributed by atoms with Crippen molar-refractivity contribution < 1.29 is 4.79 Å². The van der Waals surface area contributed by atoms with E-state index in [-0.39, 0.29) is 24.2 Å². The molecule has 2 saturated carbocycles. The van der Waals surface area contributed by atoms with Crippen LogP contribution in [0.1, 0.15) is 58.3 Å². The van der Waals surface area contributed by atoms with E-state index >= 15 is 0 Å². The number of carbonyl (C=O) groups excluding carboxylic acids is 1. The second-order valence-electron chi connectivity index (χ2n) is 6.06. The van der Waals surface area contributed by atoms with Crippen LogP contribution >= 0.6 is 12.4 Å². The summed E-state index contributed by atoms with van der Waals surface area (Å²) in [6, 6.07) is 0.685. The Morgan fingerprint density at radius 1 is 1.05 bits per heavy atom. The molecule has 4 heteroatoms. The standard InChI is InChI=1S/C15H28N2O.ClH/c1-12(13-8-9-13)15(18)17-11-10-16-14-6-4-2-3-5-7-14;/h12-14,16H,2-11H2,1H3,(H,17,18);1H. The molecule has 19 heavy (non-hydrogen) atoms. The summed E-state index contributed by atoms with van der Waals surface area (Å²) in [5, 5.41) is 6.64. The van der Waals surface area contributed by atoms with Gasteiger partial charge < -0.3 is 10.6 Å². The molecular formula is C15H29ClN2O. The molecule has 2 aliphatic carbocycles. The number of rotatable bonds is 6. The lowest BCUT2D eigenvalue weighted by Gasteiger charge is -2.17. The van der Waals surface area contributed by atoms with Gasteiger partial charge in [-0.15, -0.1) is 12.4 Å². The van der Waals surface area contributed by atoms with E-state index in [1.807, 2.05) is 0 Å². The first kappa shape index (κ1) is 16.8. The minimum Gasteiger partial charge on any atom is -0.355 e. The molecule has 2 aliphatic rings. The first-order valence-electron chi connectivity index (χ1n) is 7.78. The van der Waals surface area contributed by atoms with Crippen LogP contribution in [0.2, 0.25) is 0 Å². The second-order valence-corrected chi connectivity index (χ2v) is 6.06. The van der Waals surface area contributed by atoms with Crippen LogP contribution in [0.4, 0.5) is 0 Å². The van der Waals surface area contributed by atoms with Crippen molar-refractivity contribution in [3.8, 4) is 0 Å². The lowest BCUT2D eigenvalue weighted by Crippen LogP contribution is -2.38. The average Bonchev–Trinajstić information content (AvgIpc) is 3.19. The van der Waals surface area contributed by atoms with E-state index in [0.29, 0.717) is 12.0 Å². The molecule has 1 unspecified atom stereocenters. The number of amides is 1. The summed E-state index contributed by atoms with van der Waals surface area (Å²) in [4.78, 5) is 11.8. The molecule has 2 N–H and O–H groups in total. The van der Waals surface area contributed by atoms with Gasteiger partial charge in [0.1, 0.15) is 0 Å². The molecule has 2 fully saturated rings. The number of hydrogen-bond donors (Lipinski definition) is 2. The monoisotopic (exact) mass is 288 g/mol. The third-order valence-corrected chi connectivity index (χ3v) is 4.46. The zero-order chi connectivity index (χ0) is 12.8. The zero-order valence-electron chi connectivity index (χ0n) is 12.1. The van der Waals surface area contributed by atoms with Crippen molar-refractivity contribution in [3.63, 3.8) is 0 Å². The predicted octanol–water partition coefficient (Wildman–Crippen LogP) is 2.88. The average molecular weight is 289 g/mol. The molecule has 0 bridgehead atoms. The molecule has 1 amide bonds. The number of halogens is 1. The zero-order valence-corrected chi connectivity index (χ0v) is 12.9. The summed E-state index contributed by atoms with van der Waals surface area (Å²) in [6.45, 7) is 3.77. The highest BCUT2D eigenvalue weighted by Crippen LogP contribution is 2.36. The predicted molar refractivity (Wildman–Crippen MR) is 81.6 cm³/mol. The van der Waals surface area contributed by atoms with Crippen LogP contribution in [-0.4, -0.2) is 25.0 Å². The summed E-state index contributed by atoms with van der Waals surface area (Å²) < 4.78 is 0. The van der Waals surface area contributed by atoms with Crippen molar-refractivity contribution >= 4 is 18.3 Å². The van der Waals surface area contributed by atoms with Gasteiger partial charge in [0.2, 0.25) is 5.91 Å². The first-order chi connectivity index (χ1) is 8.77. The summed E-state index contributed by atoms with van der Waals surface area (Å²) in [5.74, 6) is 1.14. The van der Waals surface area contributed by atoms with Gasteiger partial charge in [-0.3, -0.25) is 4.79 Å². The summed E-state index contributed by atoms with van der Waals surface area (Å²) in [5.41, 5.74) is 0. The third-order valence-electron chi connectivity index (χ3n) is 4.46. The van der Waals surface area contributed by atoms with E-state index in [9.17, 15) is 4.79 Å². The van der Waals surface area contributed by atoms with Gasteiger partial charge in [0.25, 0.3) is 0 Å². The maximum absolute atomic E-state index is 11.8. The van der Waals surface area contributed by atoms with Crippen molar-refractivity contribution in [1.82, 2.24) is 10.6 Å². The minimum absolute atomic E-state index is 0. The fraction of sp³-hybridized carbons (Fsp3) is 0.933. The SMILES string of the molecule is CC(C(=O)NCCNC1CCCCCC1)C1CC1.Cl. The molecule has 0 aromatic rings. The van der Waals surface area contributed by atoms with Crippen LogP contribution in [0.25, 0.3) is 0 Å². The maximum atomic E-state index is 11.8. The molecule has 0 heterocycles. The first-order valence-corrected chi connectivity index (χ1v) is 7.78. The Labute approximate surface area is 123 Å². The molecule has 0 saturated heterocycles. The Morgan fingerprint density at radius 3 is 2.26 bits per heavy atom. The highest BCUT2D eigenvalue weighted by molar-refractivity contribution is 5.85. The van der Waals surface area contributed by atoms with E-state index < -0.39 is 0 Å². The van der Waals surface area contributed by atoms with Gasteiger partial charge in [-0.05, 0) is 31.6 Å². The fourth-order valence-corrected chi connectivity index (χ4v) is 2.92. The van der Waals surface area contributed by atoms with Crippen LogP contribution in [0, 0.1) is 11.8 Å². The summed E-state index contributed by atoms with van der Waals surface area (Å²) in [7, 11) is 0. The third kappa shape index (κ3) is 6.13. The highest BCUT2D eigenvalue weighted by Gasteiger charge is 2.32. The largest absolute Gasteiger partial charge is 0.355 e. The van der Waals surface area contributed by atoms with E-state index in [1.165, 1.54) is 51.4 Å². The van der Waals surface area contributed by atoms with E-state index in [1.54, 1.807) is 0 Å². The van der Waals surface area contributed by atoms with Crippen molar-refractivity contribution in [2.75, 3.05) is 13.1 Å². The van der Waals surface area contributed by atoms with Gasteiger partial charge >= 0.3 is 0 Å². The summed E-state index contributed by atoms with van der Waals surface area (Å²) >= 11 is 0.